The number of carbonyl (C=O) groups excluding carboxylic acids is 1. The summed E-state index contributed by atoms with van der Waals surface area (Å²) < 4.78 is 0. The van der Waals surface area contributed by atoms with Crippen molar-refractivity contribution in [1.82, 2.24) is 10.2 Å². The Bertz CT molecular complexity index is 425. The number of nitrogens with two attached hydrogens (primary N) is 1. The zero-order chi connectivity index (χ0) is 10.4. The second-order valence-corrected chi connectivity index (χ2v) is 4.18. The van der Waals surface area contributed by atoms with E-state index in [9.17, 15) is 4.79 Å². The van der Waals surface area contributed by atoms with E-state index >= 15 is 0 Å². The van der Waals surface area contributed by atoms with Gasteiger partial charge in [0.05, 0.1) is 12.1 Å². The zero-order valence-corrected chi connectivity index (χ0v) is 9.48. The highest BCUT2D eigenvalue weighted by Gasteiger charge is 2.41. The molecule has 2 unspecified atom stereocenters. The number of aromatic nitrogens is 2. The molecule has 2 N–H and O–H groups in total. The molecule has 2 aliphatic rings. The number of hydrogen-bond donors (Lipinski definition) is 1. The molecule has 86 valence electrons. The van der Waals surface area contributed by atoms with Crippen molar-refractivity contribution in [3.63, 3.8) is 0 Å². The van der Waals surface area contributed by atoms with Gasteiger partial charge in [0.15, 0.2) is 5.82 Å². The van der Waals surface area contributed by atoms with E-state index in [0.717, 1.165) is 30.9 Å². The summed E-state index contributed by atoms with van der Waals surface area (Å²) in [6.07, 6.45) is 2.64. The minimum Gasteiger partial charge on any atom is -0.369 e. The molecule has 1 amide bonds. The number of amides is 1. The standard InChI is InChI=1S/C10H12N4O.ClH/c11-9(15)8-6-2-4-14(5-6)10-7(8)1-3-12-13-10;/h1,3,6,8H,2,4-5H2,(H2,11,15);1H. The Hall–Kier alpha value is -1.36. The quantitative estimate of drug-likeness (QED) is 0.767. The van der Waals surface area contributed by atoms with Crippen LogP contribution in [0.1, 0.15) is 17.9 Å². The fourth-order valence-electron chi connectivity index (χ4n) is 2.71. The van der Waals surface area contributed by atoms with Gasteiger partial charge in [0.25, 0.3) is 0 Å². The first-order valence-corrected chi connectivity index (χ1v) is 5.13. The van der Waals surface area contributed by atoms with Gasteiger partial charge in [-0.1, -0.05) is 0 Å². The second kappa shape index (κ2) is 3.90. The van der Waals surface area contributed by atoms with Crippen LogP contribution in [0.3, 0.4) is 0 Å². The summed E-state index contributed by atoms with van der Waals surface area (Å²) in [5.41, 5.74) is 6.41. The number of fused-ring (bicyclic) bond motifs is 4. The molecule has 0 saturated carbocycles. The number of rotatable bonds is 1. The molecular formula is C10H13ClN4O. The SMILES string of the molecule is Cl.NC(=O)C1c2ccnnc2N2CCC1C2. The maximum Gasteiger partial charge on any atom is 0.225 e. The molecule has 1 aromatic heterocycles. The van der Waals surface area contributed by atoms with Crippen molar-refractivity contribution in [2.75, 3.05) is 18.0 Å². The average Bonchev–Trinajstić information content (AvgIpc) is 2.63. The van der Waals surface area contributed by atoms with Crippen LogP contribution >= 0.6 is 12.4 Å². The highest BCUT2D eigenvalue weighted by atomic mass is 35.5. The Morgan fingerprint density at radius 1 is 1.56 bits per heavy atom. The third kappa shape index (κ3) is 1.43. The van der Waals surface area contributed by atoms with Gasteiger partial charge in [-0.2, -0.15) is 5.10 Å². The van der Waals surface area contributed by atoms with E-state index in [1.165, 1.54) is 0 Å². The van der Waals surface area contributed by atoms with Gasteiger partial charge in [-0.05, 0) is 18.4 Å². The summed E-state index contributed by atoms with van der Waals surface area (Å²) in [5.74, 6) is 0.791. The van der Waals surface area contributed by atoms with E-state index in [2.05, 4.69) is 15.1 Å². The second-order valence-electron chi connectivity index (χ2n) is 4.18. The van der Waals surface area contributed by atoms with E-state index < -0.39 is 0 Å². The Labute approximate surface area is 99.4 Å². The van der Waals surface area contributed by atoms with Crippen molar-refractivity contribution >= 4 is 24.1 Å². The molecule has 1 aromatic rings. The molecule has 16 heavy (non-hydrogen) atoms. The Balaban J connectivity index is 0.000000963. The lowest BCUT2D eigenvalue weighted by atomic mass is 9.84. The first kappa shape index (κ1) is 11.1. The Morgan fingerprint density at radius 2 is 2.38 bits per heavy atom. The summed E-state index contributed by atoms with van der Waals surface area (Å²) in [7, 11) is 0. The molecule has 0 aliphatic carbocycles. The van der Waals surface area contributed by atoms with E-state index in [4.69, 9.17) is 5.73 Å². The monoisotopic (exact) mass is 240 g/mol. The van der Waals surface area contributed by atoms with E-state index in [-0.39, 0.29) is 24.2 Å². The van der Waals surface area contributed by atoms with Crippen LogP contribution < -0.4 is 10.6 Å². The molecule has 0 spiro atoms. The molecule has 2 atom stereocenters. The van der Waals surface area contributed by atoms with Crippen molar-refractivity contribution in [3.8, 4) is 0 Å². The molecule has 1 fully saturated rings. The summed E-state index contributed by atoms with van der Waals surface area (Å²) >= 11 is 0. The molecule has 2 aliphatic heterocycles. The third-order valence-electron chi connectivity index (χ3n) is 3.37. The van der Waals surface area contributed by atoms with Crippen LogP contribution in [-0.2, 0) is 4.79 Å². The Kier molecular flexibility index (Phi) is 2.71. The predicted octanol–water partition coefficient (Wildman–Crippen LogP) is 0.307. The molecule has 0 radical (unpaired) electrons. The predicted molar refractivity (Wildman–Crippen MR) is 61.5 cm³/mol. The number of primary amides is 1. The molecule has 3 heterocycles. The van der Waals surface area contributed by atoms with Crippen LogP contribution in [0.5, 0.6) is 0 Å². The van der Waals surface area contributed by atoms with Gasteiger partial charge in [0, 0.05) is 18.7 Å². The molecule has 1 saturated heterocycles. The van der Waals surface area contributed by atoms with Crippen LogP contribution in [0.15, 0.2) is 12.3 Å². The number of nitrogens with zero attached hydrogens (tertiary/aromatic N) is 3. The number of carbonyl (C=O) groups is 1. The van der Waals surface area contributed by atoms with Crippen molar-refractivity contribution < 1.29 is 4.79 Å². The van der Waals surface area contributed by atoms with Gasteiger partial charge in [-0.3, -0.25) is 4.79 Å². The van der Waals surface area contributed by atoms with E-state index in [1.807, 2.05) is 6.07 Å². The largest absolute Gasteiger partial charge is 0.369 e. The van der Waals surface area contributed by atoms with Gasteiger partial charge in [0.1, 0.15) is 0 Å². The highest BCUT2D eigenvalue weighted by Crippen LogP contribution is 2.42. The summed E-state index contributed by atoms with van der Waals surface area (Å²) in [6.45, 7) is 1.85. The molecular weight excluding hydrogens is 228 g/mol. The maximum absolute atomic E-state index is 11.5. The van der Waals surface area contributed by atoms with E-state index in [0.29, 0.717) is 5.92 Å². The molecule has 6 heteroatoms. The van der Waals surface area contributed by atoms with Gasteiger partial charge >= 0.3 is 0 Å². The lowest BCUT2D eigenvalue weighted by molar-refractivity contribution is -0.120. The molecule has 0 aromatic carbocycles. The number of anilines is 1. The van der Waals surface area contributed by atoms with Crippen molar-refractivity contribution in [3.05, 3.63) is 17.8 Å². The molecule has 5 nitrogen and oxygen atoms in total. The summed E-state index contributed by atoms with van der Waals surface area (Å²) in [4.78, 5) is 13.6. The topological polar surface area (TPSA) is 72.1 Å². The first-order chi connectivity index (χ1) is 7.27. The van der Waals surface area contributed by atoms with Crippen molar-refractivity contribution in [2.45, 2.75) is 12.3 Å². The van der Waals surface area contributed by atoms with Crippen LogP contribution in [0.4, 0.5) is 5.82 Å². The lowest BCUT2D eigenvalue weighted by Crippen LogP contribution is -2.36. The third-order valence-corrected chi connectivity index (χ3v) is 3.37. The minimum atomic E-state index is -0.240. The lowest BCUT2D eigenvalue weighted by Gasteiger charge is -2.30. The molecule has 2 bridgehead atoms. The fourth-order valence-corrected chi connectivity index (χ4v) is 2.71. The van der Waals surface area contributed by atoms with Crippen molar-refractivity contribution in [1.29, 1.82) is 0 Å². The van der Waals surface area contributed by atoms with Crippen LogP contribution in [0.25, 0.3) is 0 Å². The van der Waals surface area contributed by atoms with Crippen LogP contribution in [0, 0.1) is 5.92 Å². The van der Waals surface area contributed by atoms with Crippen molar-refractivity contribution in [2.24, 2.45) is 11.7 Å². The minimum absolute atomic E-state index is 0. The summed E-state index contributed by atoms with van der Waals surface area (Å²) in [5, 5.41) is 7.96. The average molecular weight is 241 g/mol. The zero-order valence-electron chi connectivity index (χ0n) is 8.67. The maximum atomic E-state index is 11.5. The van der Waals surface area contributed by atoms with Gasteiger partial charge in [-0.15, -0.1) is 17.5 Å². The first-order valence-electron chi connectivity index (χ1n) is 5.13. The van der Waals surface area contributed by atoms with E-state index in [1.54, 1.807) is 6.20 Å². The van der Waals surface area contributed by atoms with Gasteiger partial charge in [-0.25, -0.2) is 0 Å². The smallest absolute Gasteiger partial charge is 0.225 e. The Morgan fingerprint density at radius 3 is 3.12 bits per heavy atom. The molecule has 3 rings (SSSR count). The number of halogens is 1. The fraction of sp³-hybridized carbons (Fsp3) is 0.500. The van der Waals surface area contributed by atoms with Crippen LogP contribution in [0.2, 0.25) is 0 Å². The van der Waals surface area contributed by atoms with Crippen LogP contribution in [-0.4, -0.2) is 29.2 Å². The van der Waals surface area contributed by atoms with Gasteiger partial charge < -0.3 is 10.6 Å². The number of hydrogen-bond acceptors (Lipinski definition) is 4. The highest BCUT2D eigenvalue weighted by molar-refractivity contribution is 5.85. The normalized spacial score (nSPS) is 25.9. The van der Waals surface area contributed by atoms with Gasteiger partial charge in [0.2, 0.25) is 5.91 Å². The summed E-state index contributed by atoms with van der Waals surface area (Å²) in [6, 6.07) is 1.86.